The fraction of sp³-hybridized carbons (Fsp3) is 0.826. The van der Waals surface area contributed by atoms with Gasteiger partial charge in [0, 0.05) is 31.0 Å². The van der Waals surface area contributed by atoms with Crippen molar-refractivity contribution in [2.75, 3.05) is 26.2 Å². The maximum Gasteiger partial charge on any atom is 0.410 e. The first kappa shape index (κ1) is 22.4. The first-order chi connectivity index (χ1) is 15.7. The number of carbonyl (C=O) groups excluding carboxylic acids is 2. The van der Waals surface area contributed by atoms with E-state index in [1.54, 1.807) is 9.96 Å². The molecule has 0 aromatic carbocycles. The molecule has 4 fully saturated rings. The summed E-state index contributed by atoms with van der Waals surface area (Å²) in [6, 6.07) is -0.182. The zero-order valence-corrected chi connectivity index (χ0v) is 20.1. The van der Waals surface area contributed by atoms with E-state index in [2.05, 4.69) is 17.1 Å². The lowest BCUT2D eigenvalue weighted by atomic mass is 9.58. The molecule has 10 nitrogen and oxygen atoms in total. The van der Waals surface area contributed by atoms with E-state index in [1.807, 2.05) is 25.7 Å². The topological polar surface area (TPSA) is 101 Å². The van der Waals surface area contributed by atoms with Crippen molar-refractivity contribution in [3.63, 3.8) is 0 Å². The van der Waals surface area contributed by atoms with Crippen molar-refractivity contribution in [2.24, 2.45) is 5.41 Å². The third-order valence-electron chi connectivity index (χ3n) is 7.20. The summed E-state index contributed by atoms with van der Waals surface area (Å²) < 4.78 is 11.5. The summed E-state index contributed by atoms with van der Waals surface area (Å²) in [6.45, 7) is 10.4. The molecule has 3 aliphatic heterocycles. The molecule has 4 aliphatic rings. The van der Waals surface area contributed by atoms with E-state index in [0.29, 0.717) is 24.9 Å². The second kappa shape index (κ2) is 8.14. The van der Waals surface area contributed by atoms with Crippen molar-refractivity contribution in [3.8, 4) is 0 Å². The molecule has 1 aliphatic carbocycles. The molecular weight excluding hydrogens is 426 g/mol. The van der Waals surface area contributed by atoms with Crippen LogP contribution in [0, 0.1) is 5.41 Å². The van der Waals surface area contributed by atoms with E-state index >= 15 is 0 Å². The van der Waals surface area contributed by atoms with Crippen molar-refractivity contribution in [1.82, 2.24) is 25.1 Å². The molecule has 4 heterocycles. The van der Waals surface area contributed by atoms with E-state index in [1.165, 1.54) is 0 Å². The molecule has 0 radical (unpaired) electrons. The number of fused-ring (bicyclic) bond motifs is 2. The third-order valence-corrected chi connectivity index (χ3v) is 7.20. The minimum absolute atomic E-state index is 0.0994. The van der Waals surface area contributed by atoms with Crippen LogP contribution in [-0.4, -0.2) is 75.1 Å². The standard InChI is InChI=1S/C23H35N5O5/c1-5-6-9-31-28-16-7-8-17(27(12-16)20(28)29)19-25-24-18(32-19)15-10-23(11-15)13-26(14-23)21(30)33-22(2,3)4/h15-17H,5-14H2,1-4H3/t16-,17-/m0/s1. The van der Waals surface area contributed by atoms with Crippen molar-refractivity contribution < 1.29 is 23.6 Å². The summed E-state index contributed by atoms with van der Waals surface area (Å²) >= 11 is 0. The van der Waals surface area contributed by atoms with Gasteiger partial charge in [-0.3, -0.25) is 4.84 Å². The van der Waals surface area contributed by atoms with Crippen molar-refractivity contribution in [3.05, 3.63) is 11.8 Å². The lowest BCUT2D eigenvalue weighted by Crippen LogP contribution is -2.63. The van der Waals surface area contributed by atoms with Gasteiger partial charge >= 0.3 is 12.1 Å². The van der Waals surface area contributed by atoms with Gasteiger partial charge in [-0.2, -0.15) is 5.06 Å². The Hall–Kier alpha value is -2.36. The number of ether oxygens (including phenoxy) is 1. The highest BCUT2D eigenvalue weighted by Gasteiger charge is 2.56. The monoisotopic (exact) mass is 461 g/mol. The summed E-state index contributed by atoms with van der Waals surface area (Å²) in [5.74, 6) is 1.39. The van der Waals surface area contributed by atoms with E-state index in [-0.39, 0.29) is 35.5 Å². The number of nitrogens with zero attached hydrogens (tertiary/aromatic N) is 5. The van der Waals surface area contributed by atoms with Crippen LogP contribution in [0.25, 0.3) is 0 Å². The molecule has 0 unspecified atom stereocenters. The van der Waals surface area contributed by atoms with Crippen molar-refractivity contribution in [2.45, 2.75) is 89.8 Å². The summed E-state index contributed by atoms with van der Waals surface area (Å²) in [4.78, 5) is 34.4. The first-order valence-corrected chi connectivity index (χ1v) is 12.2. The van der Waals surface area contributed by atoms with Crippen molar-refractivity contribution in [1.29, 1.82) is 0 Å². The van der Waals surface area contributed by atoms with Crippen LogP contribution in [-0.2, 0) is 9.57 Å². The Kier molecular flexibility index (Phi) is 5.54. The fourth-order valence-electron chi connectivity index (χ4n) is 5.55. The highest BCUT2D eigenvalue weighted by atomic mass is 16.7. The average Bonchev–Trinajstić information content (AvgIpc) is 3.24. The summed E-state index contributed by atoms with van der Waals surface area (Å²) in [5, 5.41) is 10.2. The summed E-state index contributed by atoms with van der Waals surface area (Å²) in [7, 11) is 0. The first-order valence-electron chi connectivity index (χ1n) is 12.2. The molecule has 0 N–H and O–H groups in total. The maximum absolute atomic E-state index is 12.9. The van der Waals surface area contributed by atoms with Crippen LogP contribution in [0.1, 0.15) is 90.0 Å². The Balaban J connectivity index is 1.14. The van der Waals surface area contributed by atoms with Crippen LogP contribution in [0.4, 0.5) is 9.59 Å². The highest BCUT2D eigenvalue weighted by Crippen LogP contribution is 2.56. The molecule has 10 heteroatoms. The number of carbonyl (C=O) groups is 2. The van der Waals surface area contributed by atoms with Gasteiger partial charge in [0.05, 0.1) is 12.6 Å². The zero-order valence-electron chi connectivity index (χ0n) is 20.1. The fourth-order valence-corrected chi connectivity index (χ4v) is 5.55. The Bertz CT molecular complexity index is 897. The highest BCUT2D eigenvalue weighted by molar-refractivity contribution is 5.77. The Morgan fingerprint density at radius 2 is 1.91 bits per heavy atom. The van der Waals surface area contributed by atoms with Crippen LogP contribution < -0.4 is 0 Å². The number of aromatic nitrogens is 2. The second-order valence-corrected chi connectivity index (χ2v) is 11.1. The van der Waals surface area contributed by atoms with Crippen LogP contribution >= 0.6 is 0 Å². The minimum Gasteiger partial charge on any atom is -0.444 e. The summed E-state index contributed by atoms with van der Waals surface area (Å²) in [6.07, 6.45) is 5.26. The largest absolute Gasteiger partial charge is 0.444 e. The van der Waals surface area contributed by atoms with Crippen molar-refractivity contribution >= 4 is 12.1 Å². The number of amides is 3. The Morgan fingerprint density at radius 1 is 1.18 bits per heavy atom. The maximum atomic E-state index is 12.9. The predicted molar refractivity (Wildman–Crippen MR) is 117 cm³/mol. The number of urea groups is 1. The van der Waals surface area contributed by atoms with Crippen LogP contribution in [0.5, 0.6) is 0 Å². The quantitative estimate of drug-likeness (QED) is 0.593. The van der Waals surface area contributed by atoms with Crippen LogP contribution in [0.2, 0.25) is 0 Å². The van der Waals surface area contributed by atoms with E-state index in [0.717, 1.165) is 51.6 Å². The van der Waals surface area contributed by atoms with Crippen LogP contribution in [0.3, 0.4) is 0 Å². The molecule has 1 aromatic rings. The average molecular weight is 462 g/mol. The van der Waals surface area contributed by atoms with Gasteiger partial charge in [0.25, 0.3) is 0 Å². The van der Waals surface area contributed by atoms with Gasteiger partial charge in [0.2, 0.25) is 11.8 Å². The smallest absolute Gasteiger partial charge is 0.410 e. The van der Waals surface area contributed by atoms with Gasteiger partial charge in [0.15, 0.2) is 0 Å². The molecule has 3 saturated heterocycles. The number of hydrogen-bond acceptors (Lipinski definition) is 7. The number of likely N-dealkylation sites (tertiary alicyclic amines) is 1. The van der Waals surface area contributed by atoms with Gasteiger partial charge in [-0.1, -0.05) is 13.3 Å². The number of piperidine rings is 1. The van der Waals surface area contributed by atoms with Crippen LogP contribution in [0.15, 0.2) is 4.42 Å². The lowest BCUT2D eigenvalue weighted by molar-refractivity contribution is -0.130. The number of hydroxylamine groups is 2. The number of rotatable bonds is 6. The lowest BCUT2D eigenvalue weighted by Gasteiger charge is -2.57. The SMILES string of the molecule is CCCCON1C(=O)N2C[C@@H]1CC[C@H]2c1nnc(C2CC3(C2)CN(C(=O)OC(C)(C)C)C3)o1. The molecule has 33 heavy (non-hydrogen) atoms. The molecule has 1 saturated carbocycles. The molecule has 5 rings (SSSR count). The molecular formula is C23H35N5O5. The van der Waals surface area contributed by atoms with Gasteiger partial charge in [-0.25, -0.2) is 9.59 Å². The van der Waals surface area contributed by atoms with E-state index < -0.39 is 5.60 Å². The van der Waals surface area contributed by atoms with Gasteiger partial charge in [-0.15, -0.1) is 10.2 Å². The molecule has 3 amide bonds. The Morgan fingerprint density at radius 3 is 2.61 bits per heavy atom. The van der Waals surface area contributed by atoms with Gasteiger partial charge < -0.3 is 19.0 Å². The normalized spacial score (nSPS) is 26.5. The zero-order chi connectivity index (χ0) is 23.4. The van der Waals surface area contributed by atoms with Gasteiger partial charge in [0.1, 0.15) is 11.6 Å². The molecule has 2 bridgehead atoms. The second-order valence-electron chi connectivity index (χ2n) is 11.1. The molecule has 1 spiro atoms. The Labute approximate surface area is 194 Å². The summed E-state index contributed by atoms with van der Waals surface area (Å²) in [5.41, 5.74) is -0.327. The number of unbranched alkanes of at least 4 members (excludes halogenated alkanes) is 1. The predicted octanol–water partition coefficient (Wildman–Crippen LogP) is 3.86. The third kappa shape index (κ3) is 4.18. The van der Waals surface area contributed by atoms with Gasteiger partial charge in [-0.05, 0) is 52.9 Å². The number of hydrogen-bond donors (Lipinski definition) is 0. The molecule has 2 atom stereocenters. The van der Waals surface area contributed by atoms with E-state index in [4.69, 9.17) is 14.0 Å². The molecule has 182 valence electrons. The minimum atomic E-state index is -0.476. The van der Waals surface area contributed by atoms with E-state index in [9.17, 15) is 9.59 Å². The molecule has 1 aromatic heterocycles.